The lowest BCUT2D eigenvalue weighted by molar-refractivity contribution is -0.118. The van der Waals surface area contributed by atoms with Crippen LogP contribution in [-0.4, -0.2) is 36.7 Å². The second kappa shape index (κ2) is 10.7. The molecule has 0 aliphatic heterocycles. The highest BCUT2D eigenvalue weighted by molar-refractivity contribution is 5.93. The number of fused-ring (bicyclic) bond motifs is 1. The van der Waals surface area contributed by atoms with E-state index in [9.17, 15) is 10.1 Å². The van der Waals surface area contributed by atoms with Crippen molar-refractivity contribution in [1.29, 1.82) is 5.26 Å². The molecule has 182 valence electrons. The highest BCUT2D eigenvalue weighted by Crippen LogP contribution is 2.30. The molecule has 8 heteroatoms. The number of nitrogens with zero attached hydrogens (tertiary/aromatic N) is 2. The molecule has 1 heterocycles. The summed E-state index contributed by atoms with van der Waals surface area (Å²) in [5.74, 6) is 1.54. The lowest BCUT2D eigenvalue weighted by Crippen LogP contribution is -2.20. The van der Waals surface area contributed by atoms with Crippen molar-refractivity contribution in [3.63, 3.8) is 0 Å². The Morgan fingerprint density at radius 2 is 1.78 bits per heavy atom. The van der Waals surface area contributed by atoms with Gasteiger partial charge in [-0.3, -0.25) is 4.79 Å². The molecule has 0 aliphatic rings. The third kappa shape index (κ3) is 5.31. The van der Waals surface area contributed by atoms with Gasteiger partial charge in [-0.05, 0) is 73.0 Å². The van der Waals surface area contributed by atoms with Gasteiger partial charge in [0.15, 0.2) is 18.1 Å². The van der Waals surface area contributed by atoms with Crippen LogP contribution in [0.25, 0.3) is 22.7 Å². The minimum atomic E-state index is -0.340. The quantitative estimate of drug-likeness (QED) is 0.331. The fraction of sp³-hybridized carbons (Fsp3) is 0.179. The number of methoxy groups -OCH3 is 2. The number of amides is 1. The molecule has 0 bridgehead atoms. The van der Waals surface area contributed by atoms with E-state index < -0.39 is 0 Å². The van der Waals surface area contributed by atoms with Crippen LogP contribution >= 0.6 is 0 Å². The smallest absolute Gasteiger partial charge is 0.262 e. The number of imidazole rings is 1. The van der Waals surface area contributed by atoms with E-state index >= 15 is 0 Å². The number of hydrogen-bond acceptors (Lipinski definition) is 6. The van der Waals surface area contributed by atoms with Gasteiger partial charge in [0.25, 0.3) is 5.91 Å². The maximum atomic E-state index is 12.4. The number of aryl methyl sites for hydroxylation is 2. The summed E-state index contributed by atoms with van der Waals surface area (Å²) in [4.78, 5) is 20.2. The Morgan fingerprint density at radius 1 is 1.03 bits per heavy atom. The van der Waals surface area contributed by atoms with E-state index in [-0.39, 0.29) is 12.5 Å². The van der Waals surface area contributed by atoms with Crippen molar-refractivity contribution < 1.29 is 19.0 Å². The first kappa shape index (κ1) is 24.4. The van der Waals surface area contributed by atoms with Crippen LogP contribution in [0.2, 0.25) is 0 Å². The average Bonchev–Trinajstić information content (AvgIpc) is 3.29. The van der Waals surface area contributed by atoms with Gasteiger partial charge in [-0.15, -0.1) is 0 Å². The van der Waals surface area contributed by atoms with E-state index in [4.69, 9.17) is 14.2 Å². The second-order valence-corrected chi connectivity index (χ2v) is 8.16. The highest BCUT2D eigenvalue weighted by atomic mass is 16.5. The van der Waals surface area contributed by atoms with Crippen LogP contribution in [0, 0.1) is 25.2 Å². The molecular formula is C28H26N4O4. The normalized spacial score (nSPS) is 11.1. The van der Waals surface area contributed by atoms with E-state index in [0.29, 0.717) is 34.3 Å². The fourth-order valence-electron chi connectivity index (χ4n) is 3.69. The van der Waals surface area contributed by atoms with Gasteiger partial charge in [0, 0.05) is 0 Å². The van der Waals surface area contributed by atoms with Crippen LogP contribution in [-0.2, 0) is 4.79 Å². The topological polar surface area (TPSA) is 109 Å². The molecule has 0 fully saturated rings. The maximum Gasteiger partial charge on any atom is 0.262 e. The summed E-state index contributed by atoms with van der Waals surface area (Å²) in [5, 5.41) is 12.5. The molecule has 0 unspecified atom stereocenters. The summed E-state index contributed by atoms with van der Waals surface area (Å²) in [5.41, 5.74) is 5.64. The maximum absolute atomic E-state index is 12.4. The number of allylic oxidation sites excluding steroid dienone is 1. The zero-order valence-electron chi connectivity index (χ0n) is 20.5. The summed E-state index contributed by atoms with van der Waals surface area (Å²) in [6, 6.07) is 18.6. The summed E-state index contributed by atoms with van der Waals surface area (Å²) in [6.45, 7) is 3.85. The van der Waals surface area contributed by atoms with Gasteiger partial charge in [-0.2, -0.15) is 5.26 Å². The van der Waals surface area contributed by atoms with Crippen molar-refractivity contribution in [3.05, 3.63) is 77.1 Å². The van der Waals surface area contributed by atoms with Crippen molar-refractivity contribution in [2.45, 2.75) is 13.8 Å². The number of hydrogen-bond donors (Lipinski definition) is 2. The largest absolute Gasteiger partial charge is 0.495 e. The number of aromatic amines is 1. The van der Waals surface area contributed by atoms with E-state index in [0.717, 1.165) is 27.7 Å². The Bertz CT molecular complexity index is 1460. The van der Waals surface area contributed by atoms with E-state index in [1.54, 1.807) is 42.5 Å². The van der Waals surface area contributed by atoms with Crippen LogP contribution < -0.4 is 19.5 Å². The van der Waals surface area contributed by atoms with Crippen molar-refractivity contribution in [3.8, 4) is 23.3 Å². The lowest BCUT2D eigenvalue weighted by atomic mass is 10.1. The number of carbonyl (C=O) groups excluding carboxylic acids is 1. The van der Waals surface area contributed by atoms with E-state index in [1.165, 1.54) is 14.2 Å². The number of nitriles is 1. The molecule has 1 amide bonds. The first-order valence-corrected chi connectivity index (χ1v) is 11.2. The molecule has 3 aromatic carbocycles. The molecule has 1 aromatic heterocycles. The summed E-state index contributed by atoms with van der Waals surface area (Å²) in [7, 11) is 3.05. The predicted octanol–water partition coefficient (Wildman–Crippen LogP) is 5.28. The summed E-state index contributed by atoms with van der Waals surface area (Å²) >= 11 is 0. The number of ether oxygens (including phenoxy) is 3. The van der Waals surface area contributed by atoms with Crippen LogP contribution in [0.15, 0.2) is 54.6 Å². The first-order chi connectivity index (χ1) is 17.4. The number of anilines is 1. The fourth-order valence-corrected chi connectivity index (χ4v) is 3.69. The Kier molecular flexibility index (Phi) is 7.21. The predicted molar refractivity (Wildman–Crippen MR) is 139 cm³/mol. The SMILES string of the molecule is COc1ccccc1NC(=O)COc1ccc(/C=C(/C#N)c2nc3cc(C)c(C)cc3[nH]2)cc1OC. The van der Waals surface area contributed by atoms with Crippen molar-refractivity contribution in [2.75, 3.05) is 26.1 Å². The van der Waals surface area contributed by atoms with Gasteiger partial charge in [0.2, 0.25) is 0 Å². The zero-order chi connectivity index (χ0) is 25.7. The number of nitrogens with one attached hydrogen (secondary N) is 2. The third-order valence-electron chi connectivity index (χ3n) is 5.71. The molecule has 2 N–H and O–H groups in total. The molecule has 0 aliphatic carbocycles. The highest BCUT2D eigenvalue weighted by Gasteiger charge is 2.13. The van der Waals surface area contributed by atoms with Gasteiger partial charge in [-0.1, -0.05) is 18.2 Å². The average molecular weight is 483 g/mol. The molecule has 0 spiro atoms. The van der Waals surface area contributed by atoms with Crippen molar-refractivity contribution in [2.24, 2.45) is 0 Å². The van der Waals surface area contributed by atoms with Crippen LogP contribution in [0.1, 0.15) is 22.5 Å². The Labute approximate surface area is 209 Å². The van der Waals surface area contributed by atoms with Gasteiger partial charge >= 0.3 is 0 Å². The van der Waals surface area contributed by atoms with Gasteiger partial charge in [-0.25, -0.2) is 4.98 Å². The Balaban J connectivity index is 1.50. The van der Waals surface area contributed by atoms with Gasteiger partial charge < -0.3 is 24.5 Å². The lowest BCUT2D eigenvalue weighted by Gasteiger charge is -2.13. The number of benzene rings is 3. The Hall–Kier alpha value is -4.77. The molecule has 8 nitrogen and oxygen atoms in total. The minimum absolute atomic E-state index is 0.217. The third-order valence-corrected chi connectivity index (χ3v) is 5.71. The van der Waals surface area contributed by atoms with Gasteiger partial charge in [0.1, 0.15) is 17.6 Å². The number of carbonyl (C=O) groups is 1. The Morgan fingerprint density at radius 3 is 2.53 bits per heavy atom. The summed E-state index contributed by atoms with van der Waals surface area (Å²) in [6.07, 6.45) is 1.72. The number of H-pyrrole nitrogens is 1. The van der Waals surface area contributed by atoms with Crippen molar-refractivity contribution >= 4 is 34.3 Å². The zero-order valence-corrected chi connectivity index (χ0v) is 20.5. The standard InChI is InChI=1S/C28H26N4O4/c1-17-11-22-23(12-18(17)2)32-28(31-22)20(15-29)13-19-9-10-25(26(14-19)35-4)36-16-27(33)30-21-7-5-6-8-24(21)34-3/h5-14H,16H2,1-4H3,(H,30,33)(H,31,32)/b20-13-. The van der Waals surface area contributed by atoms with E-state index in [1.807, 2.05) is 32.0 Å². The van der Waals surface area contributed by atoms with Crippen LogP contribution in [0.3, 0.4) is 0 Å². The van der Waals surface area contributed by atoms with Crippen LogP contribution in [0.5, 0.6) is 17.2 Å². The van der Waals surface area contributed by atoms with Gasteiger partial charge in [0.05, 0.1) is 36.5 Å². The molecule has 4 rings (SSSR count). The molecule has 0 saturated heterocycles. The second-order valence-electron chi connectivity index (χ2n) is 8.16. The number of aromatic nitrogens is 2. The summed E-state index contributed by atoms with van der Waals surface area (Å²) < 4.78 is 16.4. The molecule has 0 atom stereocenters. The van der Waals surface area contributed by atoms with Crippen LogP contribution in [0.4, 0.5) is 5.69 Å². The molecule has 0 radical (unpaired) electrons. The first-order valence-electron chi connectivity index (χ1n) is 11.2. The molecular weight excluding hydrogens is 456 g/mol. The molecule has 0 saturated carbocycles. The van der Waals surface area contributed by atoms with E-state index in [2.05, 4.69) is 21.4 Å². The number of para-hydroxylation sites is 2. The van der Waals surface area contributed by atoms with Crippen molar-refractivity contribution in [1.82, 2.24) is 9.97 Å². The minimum Gasteiger partial charge on any atom is -0.495 e. The monoisotopic (exact) mass is 482 g/mol. The number of rotatable bonds is 8. The molecule has 36 heavy (non-hydrogen) atoms. The molecule has 4 aromatic rings.